The second kappa shape index (κ2) is 8.91. The first-order chi connectivity index (χ1) is 9.52. The third-order valence-electron chi connectivity index (χ3n) is 3.13. The molecule has 0 spiro atoms. The van der Waals surface area contributed by atoms with E-state index in [0.717, 1.165) is 18.4 Å². The Morgan fingerprint density at radius 3 is 2.95 bits per heavy atom. The molecule has 0 aromatic carbocycles. The fourth-order valence-corrected chi connectivity index (χ4v) is 4.77. The van der Waals surface area contributed by atoms with Gasteiger partial charge in [0.25, 0.3) is 0 Å². The molecule has 0 saturated heterocycles. The molecule has 1 aliphatic heterocycles. The Balaban J connectivity index is 0.00000220. The number of nitrogens with zero attached hydrogens (tertiary/aromatic N) is 1. The van der Waals surface area contributed by atoms with Crippen molar-refractivity contribution in [1.29, 1.82) is 0 Å². The molecular weight excluding hydrogens is 533 g/mol. The van der Waals surface area contributed by atoms with E-state index in [1.54, 1.807) is 7.11 Å². The minimum atomic E-state index is -0.235. The Morgan fingerprint density at radius 2 is 2.38 bits per heavy atom. The predicted molar refractivity (Wildman–Crippen MR) is 77.2 cm³/mol. The smallest absolute Gasteiger partial charge is 0 e. The van der Waals surface area contributed by atoms with Crippen molar-refractivity contribution in [1.82, 2.24) is 0 Å². The molecule has 2 aliphatic rings. The number of carbonyl (C=O) groups excluding carboxylic acids is 1. The molecule has 1 saturated carbocycles. The summed E-state index contributed by atoms with van der Waals surface area (Å²) in [6, 6.07) is 0. The fraction of sp³-hybridized carbons (Fsp3) is 0.357. The van der Waals surface area contributed by atoms with Crippen LogP contribution in [0, 0.1) is 25.3 Å². The van der Waals surface area contributed by atoms with Gasteiger partial charge < -0.3 is 0 Å². The van der Waals surface area contributed by atoms with Crippen molar-refractivity contribution in [3.05, 3.63) is 36.8 Å². The first kappa shape index (κ1) is 19.5. The summed E-state index contributed by atoms with van der Waals surface area (Å²) in [5.74, 6) is 0.299. The van der Waals surface area contributed by atoms with Crippen LogP contribution >= 0.6 is 11.8 Å². The number of nitrogens with two attached hydrogens (primary N) is 1. The van der Waals surface area contributed by atoms with E-state index in [2.05, 4.69) is 17.8 Å². The van der Waals surface area contributed by atoms with Gasteiger partial charge in [0, 0.05) is 32.7 Å². The van der Waals surface area contributed by atoms with Gasteiger partial charge in [0.2, 0.25) is 0 Å². The summed E-state index contributed by atoms with van der Waals surface area (Å²) in [4.78, 5) is 15.8. The maximum Gasteiger partial charge on any atom is 0 e. The number of amidine groups is 1. The molecule has 0 aromatic heterocycles. The van der Waals surface area contributed by atoms with Gasteiger partial charge in [0.15, 0.2) is 0 Å². The first-order valence-electron chi connectivity index (χ1n) is 6.13. The molecule has 2 rings (SSSR count). The average molecular weight is 548 g/mol. The fourth-order valence-electron chi connectivity index (χ4n) is 2.13. The summed E-state index contributed by atoms with van der Waals surface area (Å²) < 4.78 is 6.22. The number of hydrogen-bond donors (Lipinski definition) is 1. The molecule has 1 heterocycles. The van der Waals surface area contributed by atoms with Crippen LogP contribution in [0.2, 0.25) is 0 Å². The molecule has 2 N–H and O–H groups in total. The normalized spacial score (nSPS) is 27.9. The zero-order chi connectivity index (χ0) is 14.7. The third-order valence-corrected chi connectivity index (χ3v) is 6.13. The number of methoxy groups -OCH3 is 1. The van der Waals surface area contributed by atoms with E-state index in [1.807, 2.05) is 6.08 Å². The molecule has 2 unspecified atom stereocenters. The van der Waals surface area contributed by atoms with Crippen LogP contribution in [0.3, 0.4) is 0 Å². The van der Waals surface area contributed by atoms with Gasteiger partial charge >= 0.3 is 134 Å². The Hall–Kier alpha value is 0.432. The van der Waals surface area contributed by atoms with Crippen LogP contribution in [0.1, 0.15) is 12.8 Å². The molecule has 0 aromatic rings. The van der Waals surface area contributed by atoms with E-state index in [9.17, 15) is 4.79 Å². The van der Waals surface area contributed by atoms with Crippen LogP contribution in [0.5, 0.6) is 0 Å². The SMILES string of the molecule is [CH-]=C(/C=C1/C[CH-]C[CH-]C(C2SC(N)=NC2=O)[C]1=[W])OC.[Y]. The van der Waals surface area contributed by atoms with Crippen molar-refractivity contribution in [3.63, 3.8) is 0 Å². The Bertz CT molecular complexity index is 519. The van der Waals surface area contributed by atoms with Crippen molar-refractivity contribution in [2.75, 3.05) is 7.11 Å². The molecule has 1 amide bonds. The number of hydrogen-bond acceptors (Lipinski definition) is 4. The summed E-state index contributed by atoms with van der Waals surface area (Å²) in [5, 5.41) is 0.124. The second-order valence-electron chi connectivity index (χ2n) is 4.46. The second-order valence-corrected chi connectivity index (χ2v) is 7.20. The Kier molecular flexibility index (Phi) is 8.26. The molecule has 1 aliphatic carbocycles. The van der Waals surface area contributed by atoms with Crippen LogP contribution in [-0.2, 0) is 61.6 Å². The number of carbonyl (C=O) groups is 1. The number of thioether (sulfide) groups is 1. The minimum Gasteiger partial charge on any atom is 0 e. The summed E-state index contributed by atoms with van der Waals surface area (Å²) in [6.45, 7) is 5.74. The molecule has 21 heavy (non-hydrogen) atoms. The molecule has 111 valence electrons. The summed E-state index contributed by atoms with van der Waals surface area (Å²) in [7, 11) is 1.55. The average Bonchev–Trinajstić information content (AvgIpc) is 2.64. The van der Waals surface area contributed by atoms with Crippen LogP contribution in [-0.4, -0.2) is 27.3 Å². The van der Waals surface area contributed by atoms with Crippen LogP contribution in [0.4, 0.5) is 0 Å². The maximum atomic E-state index is 11.9. The van der Waals surface area contributed by atoms with E-state index < -0.39 is 0 Å². The molecule has 7 heteroatoms. The van der Waals surface area contributed by atoms with Crippen molar-refractivity contribution in [3.8, 4) is 0 Å². The van der Waals surface area contributed by atoms with E-state index in [4.69, 9.17) is 17.0 Å². The Morgan fingerprint density at radius 1 is 1.67 bits per heavy atom. The van der Waals surface area contributed by atoms with Crippen LogP contribution in [0.15, 0.2) is 22.4 Å². The molecule has 4 nitrogen and oxygen atoms in total. The molecule has 1 radical (unpaired) electrons. The number of amides is 1. The van der Waals surface area contributed by atoms with Gasteiger partial charge in [-0.25, -0.2) is 0 Å². The van der Waals surface area contributed by atoms with E-state index in [0.29, 0.717) is 10.9 Å². The predicted octanol–water partition coefficient (Wildman–Crippen LogP) is 1.37. The van der Waals surface area contributed by atoms with Gasteiger partial charge in [-0.1, -0.05) is 0 Å². The maximum absolute atomic E-state index is 11.9. The Labute approximate surface area is 165 Å². The van der Waals surface area contributed by atoms with Gasteiger partial charge in [0.05, 0.1) is 0 Å². The van der Waals surface area contributed by atoms with Crippen LogP contribution < -0.4 is 5.73 Å². The molecule has 0 bridgehead atoms. The summed E-state index contributed by atoms with van der Waals surface area (Å²) in [6.07, 6.45) is 7.87. The van der Waals surface area contributed by atoms with Crippen molar-refractivity contribution >= 4 is 26.7 Å². The van der Waals surface area contributed by atoms with E-state index in [1.165, 1.54) is 35.0 Å². The molecule has 2 atom stereocenters. The summed E-state index contributed by atoms with van der Waals surface area (Å²) in [5.41, 5.74) is 6.78. The largest absolute Gasteiger partial charge is 0 e. The van der Waals surface area contributed by atoms with E-state index in [-0.39, 0.29) is 49.8 Å². The standard InChI is InChI=1S/C14H15N2O2S.W.Y/c1-9(18-2)7-10-5-3-4-6-11(8-10)12-13(17)16-14(15)19-12;;/h1,3,6-7,11-12H,4-5H2,2H3,(H2,15,16,17);;/q-3;;/b10-7-;;. The quantitative estimate of drug-likeness (QED) is 0.329. The van der Waals surface area contributed by atoms with Gasteiger partial charge in [-0.2, -0.15) is 0 Å². The molecular formula is C14H15N2O2SWY-3. The van der Waals surface area contributed by atoms with Crippen molar-refractivity contribution in [2.24, 2.45) is 16.6 Å². The van der Waals surface area contributed by atoms with Gasteiger partial charge in [0.1, 0.15) is 0 Å². The summed E-state index contributed by atoms with van der Waals surface area (Å²) >= 11 is 2.67. The zero-order valence-corrected chi connectivity index (χ0v) is 18.2. The topological polar surface area (TPSA) is 64.7 Å². The zero-order valence-electron chi connectivity index (χ0n) is 11.6. The number of allylic oxidation sites excluding steroid dienone is 2. The number of aliphatic imine (C=N–C) groups is 1. The minimum absolute atomic E-state index is 0. The monoisotopic (exact) mass is 548 g/mol. The van der Waals surface area contributed by atoms with Gasteiger partial charge in [-0.05, 0) is 0 Å². The van der Waals surface area contributed by atoms with Crippen molar-refractivity contribution < 1.29 is 61.6 Å². The molecule has 1 fully saturated rings. The van der Waals surface area contributed by atoms with Crippen molar-refractivity contribution in [2.45, 2.75) is 18.1 Å². The van der Waals surface area contributed by atoms with E-state index >= 15 is 0 Å². The van der Waals surface area contributed by atoms with Gasteiger partial charge in [-0.3, -0.25) is 0 Å². The van der Waals surface area contributed by atoms with Gasteiger partial charge in [-0.15, -0.1) is 0 Å². The third kappa shape index (κ3) is 4.95. The van der Waals surface area contributed by atoms with Crippen LogP contribution in [0.25, 0.3) is 0 Å². The first-order valence-corrected chi connectivity index (χ1v) is 8.48. The number of ether oxygens (including phenoxy) is 1. The number of rotatable bonds is 3.